The first-order chi connectivity index (χ1) is 36.9. The van der Waals surface area contributed by atoms with E-state index in [1.54, 1.807) is 0 Å². The molecule has 0 aliphatic carbocycles. The molecule has 4 nitrogen and oxygen atoms in total. The summed E-state index contributed by atoms with van der Waals surface area (Å²) in [6, 6.07) is -23.2. The third-order valence-corrected chi connectivity index (χ3v) is 7.73. The SMILES string of the molecule is [2H]c1c([2H])c([2H])c(-c2nc(-c3c([2H])c([2H])c(-c4cc5c(oc6c([2H])c([2H])c([2H])c(-c7c([2H])c([2H])c([2H])c([2H])c7[2H])c65)c5c([2H])c([2H])c([2H])c([2H])c45)c([2H])c3[2H])nc(-c3c([2H])c([2H])c4c([2H])c([2H])c([2H])c([2H])c4c3[2H])n2)c([2H])c1[2H]. The second-order valence-corrected chi connectivity index (χ2v) is 10.7. The van der Waals surface area contributed by atoms with E-state index in [1.807, 2.05) is 0 Å². The van der Waals surface area contributed by atoms with Gasteiger partial charge in [0, 0.05) is 32.8 Å². The third kappa shape index (κ3) is 5.04. The van der Waals surface area contributed by atoms with Crippen LogP contribution in [0.3, 0.4) is 0 Å². The van der Waals surface area contributed by atoms with Crippen molar-refractivity contribution in [2.45, 2.75) is 0 Å². The second kappa shape index (κ2) is 11.9. The average Bonchev–Trinajstić information content (AvgIpc) is 3.90. The number of rotatable bonds is 5. The zero-order valence-electron chi connectivity index (χ0n) is 53.3. The zero-order chi connectivity index (χ0) is 58.1. The summed E-state index contributed by atoms with van der Waals surface area (Å²) in [4.78, 5) is 12.9. The number of hydrogen-bond donors (Lipinski definition) is 0. The summed E-state index contributed by atoms with van der Waals surface area (Å²) in [6.45, 7) is 0. The van der Waals surface area contributed by atoms with Gasteiger partial charge in [0.15, 0.2) is 17.5 Å². The van der Waals surface area contributed by atoms with Crippen LogP contribution in [0.2, 0.25) is 0 Å². The molecule has 0 saturated carbocycles. The predicted molar refractivity (Wildman–Crippen MR) is 209 cm³/mol. The van der Waals surface area contributed by atoms with Crippen molar-refractivity contribution >= 4 is 43.5 Å². The van der Waals surface area contributed by atoms with E-state index in [0.717, 1.165) is 6.07 Å². The largest absolute Gasteiger partial charge is 0.455 e. The summed E-state index contributed by atoms with van der Waals surface area (Å²) < 4.78 is 252. The fourth-order valence-corrected chi connectivity index (χ4v) is 5.50. The highest BCUT2D eigenvalue weighted by molar-refractivity contribution is 6.22. The summed E-state index contributed by atoms with van der Waals surface area (Å²) in [7, 11) is 0. The molecule has 51 heavy (non-hydrogen) atoms. The second-order valence-electron chi connectivity index (χ2n) is 10.7. The minimum atomic E-state index is -1.03. The molecule has 8 aromatic carbocycles. The van der Waals surface area contributed by atoms with Crippen molar-refractivity contribution in [3.05, 3.63) is 175 Å². The van der Waals surface area contributed by atoms with Crippen LogP contribution in [0, 0.1) is 0 Å². The Morgan fingerprint density at radius 1 is 0.392 bits per heavy atom. The van der Waals surface area contributed by atoms with E-state index in [-0.39, 0.29) is 10.8 Å². The fourth-order valence-electron chi connectivity index (χ4n) is 5.50. The first kappa shape index (κ1) is 12.4. The van der Waals surface area contributed by atoms with Gasteiger partial charge in [-0.3, -0.25) is 0 Å². The summed E-state index contributed by atoms with van der Waals surface area (Å²) >= 11 is 0. The van der Waals surface area contributed by atoms with E-state index in [1.165, 1.54) is 0 Å². The van der Waals surface area contributed by atoms with Crippen molar-refractivity contribution in [2.24, 2.45) is 0 Å². The van der Waals surface area contributed by atoms with Crippen LogP contribution < -0.4 is 0 Å². The number of furan rings is 1. The summed E-state index contributed by atoms with van der Waals surface area (Å²) in [5, 5.41) is -2.77. The van der Waals surface area contributed by atoms with E-state index in [0.29, 0.717) is 0 Å². The van der Waals surface area contributed by atoms with E-state index in [9.17, 15) is 6.85 Å². The highest BCUT2D eigenvalue weighted by Crippen LogP contribution is 2.43. The lowest BCUT2D eigenvalue weighted by Crippen LogP contribution is -2.00. The van der Waals surface area contributed by atoms with Crippen LogP contribution in [0.1, 0.15) is 38.4 Å². The molecule has 0 fully saturated rings. The summed E-state index contributed by atoms with van der Waals surface area (Å²) in [6.07, 6.45) is 0. The van der Waals surface area contributed by atoms with Crippen LogP contribution in [0.25, 0.3) is 99.9 Å². The molecular formula is C47H29N3O. The lowest BCUT2D eigenvalue weighted by Gasteiger charge is -2.11. The predicted octanol–water partition coefficient (Wildman–Crippen LogP) is 12.4. The standard InChI is InChI=1S/C47H29N3O/c1-3-13-31(14-4-1)37-20-11-21-42-43(37)41-29-40(38-18-9-10-19-39(38)44(41)51-42)32-23-25-34(26-24-32)46-48-45(33-15-5-2-6-16-33)49-47(50-46)36-27-22-30-12-7-8-17-35(30)28-36/h1-29H/i1D,2D,3D,4D,5D,6D,7D,8D,9D,10D,11D,12D,13D,14D,15D,16D,17D,18D,19D,20D,21D,22D,23D,24D,25D,26D,27D,28D. The van der Waals surface area contributed by atoms with Crippen LogP contribution in [0.5, 0.6) is 0 Å². The highest BCUT2D eigenvalue weighted by Gasteiger charge is 2.18. The average molecular weight is 680 g/mol. The van der Waals surface area contributed by atoms with E-state index in [4.69, 9.17) is 35.9 Å². The Balaban J connectivity index is 1.35. The normalized spacial score (nSPS) is 19.2. The number of aromatic nitrogens is 3. The van der Waals surface area contributed by atoms with Crippen molar-refractivity contribution in [1.82, 2.24) is 15.0 Å². The number of fused-ring (bicyclic) bond motifs is 6. The maximum absolute atomic E-state index is 9.58. The van der Waals surface area contributed by atoms with Gasteiger partial charge in [0.05, 0.1) is 38.4 Å². The number of nitrogens with zero attached hydrogens (tertiary/aromatic N) is 3. The first-order valence-corrected chi connectivity index (χ1v) is 14.8. The Kier molecular flexibility index (Phi) is 2.91. The molecule has 4 heteroatoms. The Morgan fingerprint density at radius 2 is 0.941 bits per heavy atom. The van der Waals surface area contributed by atoms with Crippen LogP contribution >= 0.6 is 0 Å². The molecule has 0 atom stereocenters. The molecule has 0 amide bonds. The minimum absolute atomic E-state index is 0.302. The monoisotopic (exact) mass is 679 g/mol. The van der Waals surface area contributed by atoms with Gasteiger partial charge >= 0.3 is 0 Å². The maximum atomic E-state index is 9.58. The van der Waals surface area contributed by atoms with Crippen LogP contribution in [0.4, 0.5) is 0 Å². The van der Waals surface area contributed by atoms with Crippen molar-refractivity contribution in [2.75, 3.05) is 0 Å². The summed E-state index contributed by atoms with van der Waals surface area (Å²) in [5.41, 5.74) is -5.63. The molecule has 10 aromatic rings. The Labute approximate surface area is 333 Å². The Hall–Kier alpha value is -6.91. The molecule has 2 aromatic heterocycles. The molecule has 0 bridgehead atoms. The third-order valence-electron chi connectivity index (χ3n) is 7.73. The quantitative estimate of drug-likeness (QED) is 0.182. The van der Waals surface area contributed by atoms with Crippen molar-refractivity contribution in [3.63, 3.8) is 0 Å². The summed E-state index contributed by atoms with van der Waals surface area (Å²) in [5.74, 6) is -2.54. The lowest BCUT2D eigenvalue weighted by molar-refractivity contribution is 0.673. The lowest BCUT2D eigenvalue weighted by atomic mass is 9.93. The number of hydrogen-bond acceptors (Lipinski definition) is 4. The van der Waals surface area contributed by atoms with Gasteiger partial charge in [0.1, 0.15) is 11.2 Å². The van der Waals surface area contributed by atoms with Gasteiger partial charge < -0.3 is 4.42 Å². The molecule has 0 saturated heterocycles. The van der Waals surface area contributed by atoms with Gasteiger partial charge in [-0.25, -0.2) is 15.0 Å². The van der Waals surface area contributed by atoms with Crippen molar-refractivity contribution in [1.29, 1.82) is 0 Å². The molecule has 0 aliphatic heterocycles. The van der Waals surface area contributed by atoms with Crippen molar-refractivity contribution < 1.29 is 42.8 Å². The molecule has 0 spiro atoms. The molecule has 238 valence electrons. The Morgan fingerprint density at radius 3 is 1.69 bits per heavy atom. The smallest absolute Gasteiger partial charge is 0.164 e. The minimum Gasteiger partial charge on any atom is -0.455 e. The van der Waals surface area contributed by atoms with Gasteiger partial charge in [0.25, 0.3) is 0 Å². The van der Waals surface area contributed by atoms with Gasteiger partial charge in [-0.2, -0.15) is 0 Å². The highest BCUT2D eigenvalue weighted by atomic mass is 16.3. The molecule has 0 radical (unpaired) electrons. The van der Waals surface area contributed by atoms with E-state index >= 15 is 0 Å². The first-order valence-electron chi connectivity index (χ1n) is 28.8. The molecule has 0 unspecified atom stereocenters. The van der Waals surface area contributed by atoms with Crippen LogP contribution in [0.15, 0.2) is 180 Å². The molecule has 2 heterocycles. The maximum Gasteiger partial charge on any atom is 0.164 e. The molecule has 10 rings (SSSR count). The van der Waals surface area contributed by atoms with Gasteiger partial charge in [-0.05, 0) is 56.6 Å². The van der Waals surface area contributed by atoms with Crippen LogP contribution in [-0.2, 0) is 0 Å². The molecule has 0 aliphatic rings. The molecule has 0 N–H and O–H groups in total. The topological polar surface area (TPSA) is 51.8 Å². The van der Waals surface area contributed by atoms with Crippen LogP contribution in [-0.4, -0.2) is 15.0 Å². The van der Waals surface area contributed by atoms with Crippen molar-refractivity contribution in [3.8, 4) is 56.4 Å². The fraction of sp³-hybridized carbons (Fsp3) is 0. The van der Waals surface area contributed by atoms with Gasteiger partial charge in [-0.15, -0.1) is 0 Å². The van der Waals surface area contributed by atoms with E-state index < -0.39 is 258 Å². The van der Waals surface area contributed by atoms with Gasteiger partial charge in [0.2, 0.25) is 0 Å². The van der Waals surface area contributed by atoms with Gasteiger partial charge in [-0.1, -0.05) is 157 Å². The zero-order valence-corrected chi connectivity index (χ0v) is 25.3. The Bertz CT molecular complexity index is 4450. The van der Waals surface area contributed by atoms with E-state index in [2.05, 4.69) is 15.0 Å². The molecular weight excluding hydrogens is 623 g/mol. The number of benzene rings is 8.